The first-order chi connectivity index (χ1) is 8.75. The van der Waals surface area contributed by atoms with E-state index in [0.717, 1.165) is 45.3 Å². The van der Waals surface area contributed by atoms with Crippen molar-refractivity contribution in [1.82, 2.24) is 9.80 Å². The van der Waals surface area contributed by atoms with Gasteiger partial charge in [0.25, 0.3) is 0 Å². The minimum atomic E-state index is 0. The lowest BCUT2D eigenvalue weighted by Crippen LogP contribution is -2.45. The molecule has 0 aromatic rings. The van der Waals surface area contributed by atoms with Crippen LogP contribution in [0.2, 0.25) is 0 Å². The quantitative estimate of drug-likeness (QED) is 0.449. The first-order valence-corrected chi connectivity index (χ1v) is 7.10. The minimum Gasteiger partial charge on any atom is -0.378 e. The second-order valence-corrected chi connectivity index (χ2v) is 5.39. The summed E-state index contributed by atoms with van der Waals surface area (Å²) in [6.07, 6.45) is 2.69. The van der Waals surface area contributed by atoms with Gasteiger partial charge in [-0.2, -0.15) is 0 Å². The number of hydrogen-bond acceptors (Lipinski definition) is 3. The number of ether oxygens (including phenoxy) is 1. The second kappa shape index (κ2) is 8.97. The van der Waals surface area contributed by atoms with Gasteiger partial charge in [-0.25, -0.2) is 0 Å². The molecule has 2 aliphatic heterocycles. The third-order valence-electron chi connectivity index (χ3n) is 3.77. The van der Waals surface area contributed by atoms with Crippen molar-refractivity contribution >= 4 is 29.9 Å². The number of hydrogen-bond donors (Lipinski definition) is 1. The molecule has 0 radical (unpaired) electrons. The van der Waals surface area contributed by atoms with Crippen LogP contribution in [0.3, 0.4) is 0 Å². The summed E-state index contributed by atoms with van der Waals surface area (Å²) in [5.41, 5.74) is 5.99. The lowest BCUT2D eigenvalue weighted by atomic mass is 10.0. The summed E-state index contributed by atoms with van der Waals surface area (Å²) in [5, 5.41) is 0. The Kier molecular flexibility index (Phi) is 8.01. The van der Waals surface area contributed by atoms with Crippen LogP contribution in [0, 0.1) is 5.92 Å². The van der Waals surface area contributed by atoms with E-state index in [1.165, 1.54) is 25.9 Å². The molecular formula is C13H27IN4O. The molecule has 2 aliphatic rings. The molecule has 6 heteroatoms. The fraction of sp³-hybridized carbons (Fsp3) is 0.923. The fourth-order valence-electron chi connectivity index (χ4n) is 2.69. The highest BCUT2D eigenvalue weighted by Crippen LogP contribution is 2.14. The number of halogens is 1. The standard InChI is InChI=1S/C13H26N4O.HI/c1-12-3-2-5-16(11-12)6-4-15-13(14)17-7-9-18-10-8-17;/h12H,2-11H2,1H3,(H2,14,15);1H. The zero-order chi connectivity index (χ0) is 12.8. The molecule has 0 amide bonds. The fourth-order valence-corrected chi connectivity index (χ4v) is 2.69. The maximum absolute atomic E-state index is 5.99. The summed E-state index contributed by atoms with van der Waals surface area (Å²) < 4.78 is 5.30. The molecule has 2 N–H and O–H groups in total. The molecular weight excluding hydrogens is 355 g/mol. The van der Waals surface area contributed by atoms with E-state index >= 15 is 0 Å². The number of piperidine rings is 1. The van der Waals surface area contributed by atoms with Crippen LogP contribution in [0.4, 0.5) is 0 Å². The van der Waals surface area contributed by atoms with Crippen molar-refractivity contribution in [3.8, 4) is 0 Å². The van der Waals surface area contributed by atoms with E-state index < -0.39 is 0 Å². The van der Waals surface area contributed by atoms with Gasteiger partial charge in [-0.15, -0.1) is 24.0 Å². The summed E-state index contributed by atoms with van der Waals surface area (Å²) in [6.45, 7) is 9.89. The molecule has 0 bridgehead atoms. The largest absolute Gasteiger partial charge is 0.378 e. The number of guanidine groups is 1. The van der Waals surface area contributed by atoms with E-state index in [1.807, 2.05) is 0 Å². The van der Waals surface area contributed by atoms with E-state index in [9.17, 15) is 0 Å². The molecule has 2 heterocycles. The van der Waals surface area contributed by atoms with Gasteiger partial charge in [-0.05, 0) is 25.3 Å². The Labute approximate surface area is 133 Å². The highest BCUT2D eigenvalue weighted by atomic mass is 127. The average Bonchev–Trinajstić information content (AvgIpc) is 2.40. The van der Waals surface area contributed by atoms with Crippen molar-refractivity contribution in [2.75, 3.05) is 52.5 Å². The van der Waals surface area contributed by atoms with Gasteiger partial charge in [-0.3, -0.25) is 4.99 Å². The Balaban J connectivity index is 0.00000180. The van der Waals surface area contributed by atoms with Crippen LogP contribution in [-0.2, 0) is 4.74 Å². The molecule has 0 aromatic carbocycles. The Bertz CT molecular complexity index is 282. The van der Waals surface area contributed by atoms with Gasteiger partial charge in [0.15, 0.2) is 5.96 Å². The maximum Gasteiger partial charge on any atom is 0.191 e. The van der Waals surface area contributed by atoms with Gasteiger partial charge >= 0.3 is 0 Å². The van der Waals surface area contributed by atoms with Gasteiger partial charge in [-0.1, -0.05) is 6.92 Å². The molecule has 2 saturated heterocycles. The predicted octanol–water partition coefficient (Wildman–Crippen LogP) is 0.983. The van der Waals surface area contributed by atoms with Gasteiger partial charge in [0.05, 0.1) is 19.8 Å². The van der Waals surface area contributed by atoms with Gasteiger partial charge < -0.3 is 20.3 Å². The van der Waals surface area contributed by atoms with E-state index in [-0.39, 0.29) is 24.0 Å². The normalized spacial score (nSPS) is 26.1. The number of aliphatic imine (C=N–C) groups is 1. The van der Waals surface area contributed by atoms with Crippen molar-refractivity contribution in [1.29, 1.82) is 0 Å². The molecule has 1 unspecified atom stereocenters. The average molecular weight is 382 g/mol. The Morgan fingerprint density at radius 2 is 2.05 bits per heavy atom. The van der Waals surface area contributed by atoms with Crippen LogP contribution in [-0.4, -0.2) is 68.2 Å². The topological polar surface area (TPSA) is 54.1 Å². The van der Waals surface area contributed by atoms with Gasteiger partial charge in [0.2, 0.25) is 0 Å². The van der Waals surface area contributed by atoms with Crippen molar-refractivity contribution < 1.29 is 4.74 Å². The van der Waals surface area contributed by atoms with Crippen molar-refractivity contribution in [3.05, 3.63) is 0 Å². The first kappa shape index (κ1) is 17.0. The second-order valence-electron chi connectivity index (χ2n) is 5.39. The van der Waals surface area contributed by atoms with Gasteiger partial charge in [0.1, 0.15) is 0 Å². The molecule has 2 fully saturated rings. The van der Waals surface area contributed by atoms with Crippen LogP contribution in [0.5, 0.6) is 0 Å². The molecule has 0 saturated carbocycles. The van der Waals surface area contributed by atoms with Crippen LogP contribution < -0.4 is 5.73 Å². The van der Waals surface area contributed by atoms with Crippen LogP contribution >= 0.6 is 24.0 Å². The summed E-state index contributed by atoms with van der Waals surface area (Å²) in [7, 11) is 0. The zero-order valence-electron chi connectivity index (χ0n) is 11.9. The molecule has 1 atom stereocenters. The smallest absolute Gasteiger partial charge is 0.191 e. The van der Waals surface area contributed by atoms with Crippen molar-refractivity contribution in [2.45, 2.75) is 19.8 Å². The lowest BCUT2D eigenvalue weighted by Gasteiger charge is -2.30. The number of nitrogens with zero attached hydrogens (tertiary/aromatic N) is 3. The molecule has 2 rings (SSSR count). The van der Waals surface area contributed by atoms with Crippen LogP contribution in [0.15, 0.2) is 4.99 Å². The maximum atomic E-state index is 5.99. The Morgan fingerprint density at radius 3 is 2.74 bits per heavy atom. The monoisotopic (exact) mass is 382 g/mol. The van der Waals surface area contributed by atoms with Crippen LogP contribution in [0.25, 0.3) is 0 Å². The minimum absolute atomic E-state index is 0. The summed E-state index contributed by atoms with van der Waals surface area (Å²) in [4.78, 5) is 9.11. The SMILES string of the molecule is CC1CCCN(CCN=C(N)N2CCOCC2)C1.I. The number of likely N-dealkylation sites (tertiary alicyclic amines) is 1. The molecule has 112 valence electrons. The zero-order valence-corrected chi connectivity index (χ0v) is 14.2. The number of nitrogens with two attached hydrogens (primary N) is 1. The van der Waals surface area contributed by atoms with Crippen molar-refractivity contribution in [2.24, 2.45) is 16.6 Å². The lowest BCUT2D eigenvalue weighted by molar-refractivity contribution is 0.0674. The van der Waals surface area contributed by atoms with E-state index in [4.69, 9.17) is 10.5 Å². The molecule has 0 spiro atoms. The molecule has 0 aromatic heterocycles. The van der Waals surface area contributed by atoms with E-state index in [1.54, 1.807) is 0 Å². The Hall–Kier alpha value is -0.0800. The highest BCUT2D eigenvalue weighted by Gasteiger charge is 2.16. The number of rotatable bonds is 3. The third-order valence-corrected chi connectivity index (χ3v) is 3.77. The Morgan fingerprint density at radius 1 is 1.32 bits per heavy atom. The van der Waals surface area contributed by atoms with E-state index in [0.29, 0.717) is 5.96 Å². The summed E-state index contributed by atoms with van der Waals surface area (Å²) >= 11 is 0. The van der Waals surface area contributed by atoms with Crippen LogP contribution in [0.1, 0.15) is 19.8 Å². The highest BCUT2D eigenvalue weighted by molar-refractivity contribution is 14.0. The molecule has 5 nitrogen and oxygen atoms in total. The predicted molar refractivity (Wildman–Crippen MR) is 89.1 cm³/mol. The molecule has 0 aliphatic carbocycles. The number of morpholine rings is 1. The third kappa shape index (κ3) is 5.83. The van der Waals surface area contributed by atoms with E-state index in [2.05, 4.69) is 21.7 Å². The van der Waals surface area contributed by atoms with Crippen molar-refractivity contribution in [3.63, 3.8) is 0 Å². The molecule has 19 heavy (non-hydrogen) atoms. The summed E-state index contributed by atoms with van der Waals surface area (Å²) in [6, 6.07) is 0. The first-order valence-electron chi connectivity index (χ1n) is 7.10. The summed E-state index contributed by atoms with van der Waals surface area (Å²) in [5.74, 6) is 1.52. The van der Waals surface area contributed by atoms with Gasteiger partial charge in [0, 0.05) is 26.2 Å².